The van der Waals surface area contributed by atoms with Crippen LogP contribution in [-0.4, -0.2) is 29.2 Å². The molecule has 0 aliphatic rings. The van der Waals surface area contributed by atoms with Gasteiger partial charge in [0.1, 0.15) is 0 Å². The number of alkyl halides is 1. The third-order valence-corrected chi connectivity index (χ3v) is 3.70. The van der Waals surface area contributed by atoms with Gasteiger partial charge in [-0.2, -0.15) is 0 Å². The molecule has 5 heteroatoms. The van der Waals surface area contributed by atoms with Crippen LogP contribution in [0, 0.1) is 0 Å². The number of hydrogen-bond donors (Lipinski definition) is 0. The first-order valence-corrected chi connectivity index (χ1v) is 7.28. The summed E-state index contributed by atoms with van der Waals surface area (Å²) in [4.78, 5) is 13.9. The number of benzene rings is 1. The van der Waals surface area contributed by atoms with Crippen molar-refractivity contribution in [2.45, 2.75) is 13.3 Å². The maximum atomic E-state index is 12.2. The Bertz CT molecular complexity index is 398. The van der Waals surface area contributed by atoms with Crippen LogP contribution in [0.2, 0.25) is 10.0 Å². The van der Waals surface area contributed by atoms with Crippen molar-refractivity contribution in [3.8, 4) is 0 Å². The molecular weight excluding hydrogens is 325 g/mol. The summed E-state index contributed by atoms with van der Waals surface area (Å²) >= 11 is 15.1. The summed E-state index contributed by atoms with van der Waals surface area (Å²) in [7, 11) is 0. The van der Waals surface area contributed by atoms with Crippen LogP contribution in [0.4, 0.5) is 0 Å². The van der Waals surface area contributed by atoms with E-state index in [1.807, 2.05) is 6.92 Å². The van der Waals surface area contributed by atoms with E-state index in [0.29, 0.717) is 22.2 Å². The molecule has 94 valence electrons. The van der Waals surface area contributed by atoms with E-state index in [1.54, 1.807) is 23.1 Å². The fourth-order valence-corrected chi connectivity index (χ4v) is 2.01. The van der Waals surface area contributed by atoms with Crippen LogP contribution in [0.25, 0.3) is 0 Å². The van der Waals surface area contributed by atoms with Crippen molar-refractivity contribution in [3.05, 3.63) is 33.8 Å². The van der Waals surface area contributed by atoms with E-state index in [2.05, 4.69) is 15.9 Å². The molecule has 0 aliphatic heterocycles. The molecule has 0 saturated heterocycles. The molecule has 0 heterocycles. The number of hydrogen-bond acceptors (Lipinski definition) is 1. The molecule has 0 atom stereocenters. The molecule has 0 fully saturated rings. The third-order valence-electron chi connectivity index (χ3n) is 2.40. The van der Waals surface area contributed by atoms with Gasteiger partial charge < -0.3 is 4.90 Å². The Kier molecular flexibility index (Phi) is 6.31. The van der Waals surface area contributed by atoms with Crippen molar-refractivity contribution >= 4 is 45.0 Å². The predicted octanol–water partition coefficient (Wildman–Crippen LogP) is 4.24. The smallest absolute Gasteiger partial charge is 0.253 e. The summed E-state index contributed by atoms with van der Waals surface area (Å²) < 4.78 is 0. The highest BCUT2D eigenvalue weighted by atomic mass is 79.9. The van der Waals surface area contributed by atoms with Gasteiger partial charge in [-0.1, -0.05) is 39.1 Å². The zero-order chi connectivity index (χ0) is 12.8. The molecule has 1 rings (SSSR count). The monoisotopic (exact) mass is 337 g/mol. The number of carbonyl (C=O) groups is 1. The summed E-state index contributed by atoms with van der Waals surface area (Å²) in [5.41, 5.74) is 0.579. The molecule has 0 radical (unpaired) electrons. The summed E-state index contributed by atoms with van der Waals surface area (Å²) in [6.45, 7) is 3.39. The quantitative estimate of drug-likeness (QED) is 0.735. The first-order valence-electron chi connectivity index (χ1n) is 5.40. The first-order chi connectivity index (χ1) is 8.10. The molecule has 1 amide bonds. The topological polar surface area (TPSA) is 20.3 Å². The molecular formula is C12H14BrCl2NO. The van der Waals surface area contributed by atoms with Crippen LogP contribution < -0.4 is 0 Å². The van der Waals surface area contributed by atoms with Crippen LogP contribution >= 0.6 is 39.1 Å². The lowest BCUT2D eigenvalue weighted by atomic mass is 10.2. The summed E-state index contributed by atoms with van der Waals surface area (Å²) in [6, 6.07) is 4.96. The van der Waals surface area contributed by atoms with Crippen molar-refractivity contribution in [1.82, 2.24) is 4.90 Å². The molecule has 0 aliphatic carbocycles. The van der Waals surface area contributed by atoms with Gasteiger partial charge in [0, 0.05) is 24.0 Å². The van der Waals surface area contributed by atoms with Gasteiger partial charge in [0.05, 0.1) is 10.0 Å². The maximum absolute atomic E-state index is 12.2. The zero-order valence-corrected chi connectivity index (χ0v) is 12.6. The largest absolute Gasteiger partial charge is 0.339 e. The van der Waals surface area contributed by atoms with Gasteiger partial charge >= 0.3 is 0 Å². The Morgan fingerprint density at radius 3 is 2.59 bits per heavy atom. The molecule has 0 N–H and O–H groups in total. The minimum atomic E-state index is -0.00739. The molecule has 0 saturated carbocycles. The highest BCUT2D eigenvalue weighted by Gasteiger charge is 2.14. The molecule has 0 unspecified atom stereocenters. The van der Waals surface area contributed by atoms with E-state index in [0.717, 1.165) is 18.3 Å². The van der Waals surface area contributed by atoms with E-state index in [9.17, 15) is 4.79 Å². The first kappa shape index (κ1) is 14.8. The molecule has 1 aromatic carbocycles. The number of rotatable bonds is 5. The summed E-state index contributed by atoms with van der Waals surface area (Å²) in [6.07, 6.45) is 0.931. The number of amides is 1. The average Bonchev–Trinajstić information content (AvgIpc) is 2.33. The molecule has 2 nitrogen and oxygen atoms in total. The number of nitrogens with zero attached hydrogens (tertiary/aromatic N) is 1. The van der Waals surface area contributed by atoms with Crippen LogP contribution in [-0.2, 0) is 0 Å². The highest BCUT2D eigenvalue weighted by Crippen LogP contribution is 2.23. The van der Waals surface area contributed by atoms with Gasteiger partial charge in [-0.25, -0.2) is 0 Å². The SMILES string of the molecule is CCN(CCCBr)C(=O)c1ccc(Cl)c(Cl)c1. The van der Waals surface area contributed by atoms with E-state index in [-0.39, 0.29) is 5.91 Å². The molecule has 0 aromatic heterocycles. The zero-order valence-electron chi connectivity index (χ0n) is 9.55. The van der Waals surface area contributed by atoms with E-state index in [1.165, 1.54) is 0 Å². The lowest BCUT2D eigenvalue weighted by Gasteiger charge is -2.20. The average molecular weight is 339 g/mol. The van der Waals surface area contributed by atoms with E-state index in [4.69, 9.17) is 23.2 Å². The van der Waals surface area contributed by atoms with Crippen molar-refractivity contribution in [2.75, 3.05) is 18.4 Å². The van der Waals surface area contributed by atoms with E-state index >= 15 is 0 Å². The van der Waals surface area contributed by atoms with Crippen LogP contribution in [0.5, 0.6) is 0 Å². The van der Waals surface area contributed by atoms with Crippen molar-refractivity contribution in [3.63, 3.8) is 0 Å². The van der Waals surface area contributed by atoms with E-state index < -0.39 is 0 Å². The second kappa shape index (κ2) is 7.24. The maximum Gasteiger partial charge on any atom is 0.253 e. The molecule has 1 aromatic rings. The standard InChI is InChI=1S/C12H14BrCl2NO/c1-2-16(7-3-6-13)12(17)9-4-5-10(14)11(15)8-9/h4-5,8H,2-3,6-7H2,1H3. The second-order valence-electron chi connectivity index (χ2n) is 3.56. The van der Waals surface area contributed by atoms with Crippen molar-refractivity contribution < 1.29 is 4.79 Å². The van der Waals surface area contributed by atoms with Gasteiger partial charge in [-0.3, -0.25) is 4.79 Å². The van der Waals surface area contributed by atoms with Crippen molar-refractivity contribution in [1.29, 1.82) is 0 Å². The number of carbonyl (C=O) groups excluding carboxylic acids is 1. The van der Waals surface area contributed by atoms with Crippen LogP contribution in [0.3, 0.4) is 0 Å². The summed E-state index contributed by atoms with van der Waals surface area (Å²) in [5.74, 6) is -0.00739. The lowest BCUT2D eigenvalue weighted by Crippen LogP contribution is -2.31. The fraction of sp³-hybridized carbons (Fsp3) is 0.417. The predicted molar refractivity (Wildman–Crippen MR) is 76.5 cm³/mol. The van der Waals surface area contributed by atoms with Gasteiger partial charge in [-0.05, 0) is 31.5 Å². The van der Waals surface area contributed by atoms with Crippen LogP contribution in [0.15, 0.2) is 18.2 Å². The molecule has 17 heavy (non-hydrogen) atoms. The van der Waals surface area contributed by atoms with Crippen LogP contribution in [0.1, 0.15) is 23.7 Å². The van der Waals surface area contributed by atoms with Gasteiger partial charge in [0.15, 0.2) is 0 Å². The van der Waals surface area contributed by atoms with Crippen molar-refractivity contribution in [2.24, 2.45) is 0 Å². The Morgan fingerprint density at radius 1 is 1.35 bits per heavy atom. The lowest BCUT2D eigenvalue weighted by molar-refractivity contribution is 0.0765. The Hall–Kier alpha value is -0.250. The Labute approximate surface area is 120 Å². The highest BCUT2D eigenvalue weighted by molar-refractivity contribution is 9.09. The fourth-order valence-electron chi connectivity index (χ4n) is 1.47. The summed E-state index contributed by atoms with van der Waals surface area (Å²) in [5, 5.41) is 1.76. The molecule has 0 bridgehead atoms. The normalized spacial score (nSPS) is 10.4. The van der Waals surface area contributed by atoms with Gasteiger partial charge in [0.2, 0.25) is 0 Å². The minimum Gasteiger partial charge on any atom is -0.339 e. The molecule has 0 spiro atoms. The van der Waals surface area contributed by atoms with Gasteiger partial charge in [0.25, 0.3) is 5.91 Å². The second-order valence-corrected chi connectivity index (χ2v) is 5.16. The Morgan fingerprint density at radius 2 is 2.06 bits per heavy atom. The Balaban J connectivity index is 2.82. The van der Waals surface area contributed by atoms with Gasteiger partial charge in [-0.15, -0.1) is 0 Å². The number of halogens is 3. The minimum absolute atomic E-state index is 0.00739. The third kappa shape index (κ3) is 4.16.